The maximum atomic E-state index is 11.6. The first-order chi connectivity index (χ1) is 8.13. The van der Waals surface area contributed by atoms with Crippen molar-refractivity contribution in [2.45, 2.75) is 58.3 Å². The standard InChI is InChI=1S/C13H23NO4/c1-12(2,3)18-11(16)14-10-8-17-13(4,5)6-9(10)7-15/h7,9-10H,6,8H2,1-5H3,(H,14,16). The van der Waals surface area contributed by atoms with Gasteiger partial charge < -0.3 is 19.6 Å². The highest BCUT2D eigenvalue weighted by Gasteiger charge is 2.37. The van der Waals surface area contributed by atoms with Gasteiger partial charge in [0.25, 0.3) is 0 Å². The van der Waals surface area contributed by atoms with Gasteiger partial charge in [0.1, 0.15) is 11.9 Å². The van der Waals surface area contributed by atoms with Crippen LogP contribution in [0.25, 0.3) is 0 Å². The Bertz CT molecular complexity index is 319. The van der Waals surface area contributed by atoms with E-state index < -0.39 is 11.7 Å². The average molecular weight is 257 g/mol. The molecule has 2 atom stereocenters. The van der Waals surface area contributed by atoms with Gasteiger partial charge in [0.2, 0.25) is 0 Å². The quantitative estimate of drug-likeness (QED) is 0.767. The summed E-state index contributed by atoms with van der Waals surface area (Å²) in [7, 11) is 0. The number of amides is 1. The SMILES string of the molecule is CC(C)(C)OC(=O)NC1COC(C)(C)CC1C=O. The summed E-state index contributed by atoms with van der Waals surface area (Å²) in [6.07, 6.45) is 0.964. The van der Waals surface area contributed by atoms with Gasteiger partial charge in [-0.25, -0.2) is 4.79 Å². The minimum atomic E-state index is -0.546. The summed E-state index contributed by atoms with van der Waals surface area (Å²) >= 11 is 0. The minimum Gasteiger partial charge on any atom is -0.444 e. The van der Waals surface area contributed by atoms with Crippen LogP contribution in [0.1, 0.15) is 41.0 Å². The van der Waals surface area contributed by atoms with Crippen LogP contribution in [-0.4, -0.2) is 36.2 Å². The van der Waals surface area contributed by atoms with E-state index in [-0.39, 0.29) is 17.6 Å². The number of alkyl carbamates (subject to hydrolysis) is 1. The van der Waals surface area contributed by atoms with Gasteiger partial charge in [0.05, 0.1) is 18.2 Å². The lowest BCUT2D eigenvalue weighted by Crippen LogP contribution is -2.52. The predicted octanol–water partition coefficient (Wildman–Crippen LogP) is 1.89. The van der Waals surface area contributed by atoms with Crippen LogP contribution in [0.2, 0.25) is 0 Å². The molecule has 18 heavy (non-hydrogen) atoms. The van der Waals surface area contributed by atoms with Gasteiger partial charge in [-0.05, 0) is 41.0 Å². The summed E-state index contributed by atoms with van der Waals surface area (Å²) in [5.41, 5.74) is -0.868. The summed E-state index contributed by atoms with van der Waals surface area (Å²) in [6.45, 7) is 9.59. The van der Waals surface area contributed by atoms with Crippen LogP contribution in [0.5, 0.6) is 0 Å². The predicted molar refractivity (Wildman–Crippen MR) is 67.4 cm³/mol. The van der Waals surface area contributed by atoms with Crippen molar-refractivity contribution < 1.29 is 19.1 Å². The van der Waals surface area contributed by atoms with E-state index >= 15 is 0 Å². The van der Waals surface area contributed by atoms with Crippen molar-refractivity contribution in [1.82, 2.24) is 5.32 Å². The molecule has 1 aliphatic rings. The van der Waals surface area contributed by atoms with Gasteiger partial charge in [0.15, 0.2) is 0 Å². The molecule has 1 amide bonds. The van der Waals surface area contributed by atoms with Crippen LogP contribution in [-0.2, 0) is 14.3 Å². The summed E-state index contributed by atoms with van der Waals surface area (Å²) < 4.78 is 10.8. The van der Waals surface area contributed by atoms with E-state index in [1.165, 1.54) is 0 Å². The van der Waals surface area contributed by atoms with Gasteiger partial charge in [-0.1, -0.05) is 0 Å². The Morgan fingerprint density at radius 2 is 2.06 bits per heavy atom. The molecule has 1 N–H and O–H groups in total. The number of hydrogen-bond donors (Lipinski definition) is 1. The monoisotopic (exact) mass is 257 g/mol. The molecule has 1 heterocycles. The molecule has 0 aromatic carbocycles. The molecule has 1 saturated heterocycles. The van der Waals surface area contributed by atoms with Crippen molar-refractivity contribution in [2.24, 2.45) is 5.92 Å². The number of nitrogens with one attached hydrogen (secondary N) is 1. The molecule has 5 nitrogen and oxygen atoms in total. The topological polar surface area (TPSA) is 64.6 Å². The zero-order chi connectivity index (χ0) is 14.0. The Kier molecular flexibility index (Phi) is 4.37. The van der Waals surface area contributed by atoms with E-state index in [0.717, 1.165) is 6.29 Å². The van der Waals surface area contributed by atoms with Crippen molar-refractivity contribution in [2.75, 3.05) is 6.61 Å². The fourth-order valence-electron chi connectivity index (χ4n) is 1.96. The molecule has 1 rings (SSSR count). The van der Waals surface area contributed by atoms with Gasteiger partial charge in [-0.15, -0.1) is 0 Å². The fourth-order valence-corrected chi connectivity index (χ4v) is 1.96. The summed E-state index contributed by atoms with van der Waals surface area (Å²) in [5.74, 6) is -0.235. The van der Waals surface area contributed by atoms with E-state index in [9.17, 15) is 9.59 Å². The number of rotatable bonds is 2. The zero-order valence-electron chi connectivity index (χ0n) is 11.8. The number of carbonyl (C=O) groups is 2. The maximum absolute atomic E-state index is 11.6. The summed E-state index contributed by atoms with van der Waals surface area (Å²) in [4.78, 5) is 22.7. The van der Waals surface area contributed by atoms with Gasteiger partial charge >= 0.3 is 6.09 Å². The molecule has 0 aromatic rings. The molecule has 1 fully saturated rings. The second kappa shape index (κ2) is 5.26. The van der Waals surface area contributed by atoms with Gasteiger partial charge in [0, 0.05) is 5.92 Å². The lowest BCUT2D eigenvalue weighted by Gasteiger charge is -2.38. The highest BCUT2D eigenvalue weighted by molar-refractivity contribution is 5.69. The van der Waals surface area contributed by atoms with Gasteiger partial charge in [-0.2, -0.15) is 0 Å². The molecule has 0 spiro atoms. The lowest BCUT2D eigenvalue weighted by atomic mass is 9.86. The molecular formula is C13H23NO4. The second-order valence-corrected chi connectivity index (χ2v) is 6.33. The van der Waals surface area contributed by atoms with Gasteiger partial charge in [-0.3, -0.25) is 0 Å². The molecule has 0 bridgehead atoms. The van der Waals surface area contributed by atoms with E-state index in [4.69, 9.17) is 9.47 Å². The first kappa shape index (κ1) is 15.0. The Balaban J connectivity index is 2.56. The van der Waals surface area contributed by atoms with E-state index in [1.54, 1.807) is 20.8 Å². The van der Waals surface area contributed by atoms with Crippen LogP contribution >= 0.6 is 0 Å². The molecule has 0 saturated carbocycles. The summed E-state index contributed by atoms with van der Waals surface area (Å²) in [5, 5.41) is 2.70. The molecule has 0 aromatic heterocycles. The smallest absolute Gasteiger partial charge is 0.407 e. The highest BCUT2D eigenvalue weighted by atomic mass is 16.6. The molecule has 2 unspecified atom stereocenters. The number of hydrogen-bond acceptors (Lipinski definition) is 4. The Labute approximate surface area is 108 Å². The third-order valence-corrected chi connectivity index (χ3v) is 2.77. The van der Waals surface area contributed by atoms with E-state index in [2.05, 4.69) is 5.32 Å². The van der Waals surface area contributed by atoms with Crippen LogP contribution in [0, 0.1) is 5.92 Å². The molecule has 0 radical (unpaired) electrons. The fraction of sp³-hybridized carbons (Fsp3) is 0.846. The molecule has 104 valence electrons. The zero-order valence-corrected chi connectivity index (χ0v) is 11.8. The Morgan fingerprint density at radius 3 is 2.56 bits per heavy atom. The van der Waals surface area contributed by atoms with Crippen molar-refractivity contribution in [3.8, 4) is 0 Å². The van der Waals surface area contributed by atoms with Crippen molar-refractivity contribution in [3.05, 3.63) is 0 Å². The first-order valence-electron chi connectivity index (χ1n) is 6.22. The minimum absolute atomic E-state index is 0.235. The van der Waals surface area contributed by atoms with Crippen LogP contribution < -0.4 is 5.32 Å². The normalized spacial score (nSPS) is 27.4. The van der Waals surface area contributed by atoms with Crippen molar-refractivity contribution in [3.63, 3.8) is 0 Å². The second-order valence-electron chi connectivity index (χ2n) is 6.33. The number of ether oxygens (including phenoxy) is 2. The molecule has 5 heteroatoms. The lowest BCUT2D eigenvalue weighted by molar-refractivity contribution is -0.125. The largest absolute Gasteiger partial charge is 0.444 e. The highest BCUT2D eigenvalue weighted by Crippen LogP contribution is 2.27. The molecule has 0 aliphatic carbocycles. The first-order valence-corrected chi connectivity index (χ1v) is 6.22. The third kappa shape index (κ3) is 4.64. The van der Waals surface area contributed by atoms with E-state index in [1.807, 2.05) is 13.8 Å². The Hall–Kier alpha value is -1.10. The van der Waals surface area contributed by atoms with Crippen LogP contribution in [0.15, 0.2) is 0 Å². The average Bonchev–Trinajstić information content (AvgIpc) is 2.17. The van der Waals surface area contributed by atoms with Crippen molar-refractivity contribution in [1.29, 1.82) is 0 Å². The van der Waals surface area contributed by atoms with Crippen LogP contribution in [0.4, 0.5) is 4.79 Å². The number of aldehydes is 1. The maximum Gasteiger partial charge on any atom is 0.407 e. The Morgan fingerprint density at radius 1 is 1.44 bits per heavy atom. The van der Waals surface area contributed by atoms with Crippen LogP contribution in [0.3, 0.4) is 0 Å². The summed E-state index contributed by atoms with van der Waals surface area (Å²) in [6, 6.07) is -0.314. The van der Waals surface area contributed by atoms with E-state index in [0.29, 0.717) is 13.0 Å². The van der Waals surface area contributed by atoms with Crippen molar-refractivity contribution >= 4 is 12.4 Å². The third-order valence-electron chi connectivity index (χ3n) is 2.77. The molecule has 1 aliphatic heterocycles. The molecular weight excluding hydrogens is 234 g/mol. The number of carbonyl (C=O) groups excluding carboxylic acids is 2.